The summed E-state index contributed by atoms with van der Waals surface area (Å²) < 4.78 is 5.42. The maximum absolute atomic E-state index is 6.11. The average molecular weight is 333 g/mol. The van der Waals surface area contributed by atoms with Crippen LogP contribution in [-0.2, 0) is 4.74 Å². The van der Waals surface area contributed by atoms with Crippen LogP contribution in [-0.4, -0.2) is 41.3 Å². The van der Waals surface area contributed by atoms with Crippen molar-refractivity contribution in [3.63, 3.8) is 0 Å². The highest BCUT2D eigenvalue weighted by Gasteiger charge is 2.19. The molecule has 1 aliphatic heterocycles. The zero-order valence-electron chi connectivity index (χ0n) is 11.7. The Labute approximate surface area is 136 Å². The molecule has 0 radical (unpaired) electrons. The highest BCUT2D eigenvalue weighted by Crippen LogP contribution is 2.37. The van der Waals surface area contributed by atoms with Crippen molar-refractivity contribution in [2.45, 2.75) is 0 Å². The van der Waals surface area contributed by atoms with E-state index in [0.29, 0.717) is 13.2 Å². The van der Waals surface area contributed by atoms with Gasteiger partial charge >= 0.3 is 0 Å². The van der Waals surface area contributed by atoms with E-state index in [4.69, 9.17) is 16.3 Å². The van der Waals surface area contributed by atoms with Crippen molar-refractivity contribution in [3.05, 3.63) is 35.9 Å². The van der Waals surface area contributed by atoms with E-state index in [2.05, 4.69) is 25.9 Å². The number of thiophene rings is 1. The maximum atomic E-state index is 6.11. The van der Waals surface area contributed by atoms with Gasteiger partial charge in [-0.05, 0) is 35.4 Å². The van der Waals surface area contributed by atoms with E-state index in [1.54, 1.807) is 23.7 Å². The molecule has 0 spiro atoms. The van der Waals surface area contributed by atoms with Crippen molar-refractivity contribution >= 4 is 39.0 Å². The van der Waals surface area contributed by atoms with Crippen molar-refractivity contribution in [2.75, 3.05) is 31.2 Å². The van der Waals surface area contributed by atoms with Crippen LogP contribution in [0.15, 0.2) is 30.6 Å². The topological polar surface area (TPSA) is 51.1 Å². The fourth-order valence-corrected chi connectivity index (χ4v) is 3.80. The lowest BCUT2D eigenvalue weighted by atomic mass is 10.2. The molecule has 22 heavy (non-hydrogen) atoms. The third-order valence-corrected chi connectivity index (χ3v) is 4.87. The summed E-state index contributed by atoms with van der Waals surface area (Å²) in [4.78, 5) is 17.2. The van der Waals surface area contributed by atoms with Gasteiger partial charge in [0.1, 0.15) is 10.6 Å². The van der Waals surface area contributed by atoms with Gasteiger partial charge in [-0.2, -0.15) is 4.98 Å². The molecular formula is C15H13ClN4OS. The molecule has 1 fully saturated rings. The van der Waals surface area contributed by atoms with Gasteiger partial charge < -0.3 is 9.64 Å². The number of ether oxygens (including phenoxy) is 1. The van der Waals surface area contributed by atoms with Gasteiger partial charge in [-0.1, -0.05) is 0 Å². The number of nitrogens with zero attached hydrogens (tertiary/aromatic N) is 4. The number of halogens is 1. The molecule has 0 aliphatic carbocycles. The van der Waals surface area contributed by atoms with Crippen molar-refractivity contribution in [2.24, 2.45) is 0 Å². The first-order valence-corrected chi connectivity index (χ1v) is 8.21. The SMILES string of the molecule is Clc1nc(N2CCOCC2)c2cc(-c3ccncc3)sc2n1. The van der Waals surface area contributed by atoms with E-state index in [1.165, 1.54) is 0 Å². The minimum Gasteiger partial charge on any atom is -0.378 e. The molecule has 1 saturated heterocycles. The maximum Gasteiger partial charge on any atom is 0.225 e. The Kier molecular flexibility index (Phi) is 3.65. The minimum absolute atomic E-state index is 0.289. The highest BCUT2D eigenvalue weighted by atomic mass is 35.5. The monoisotopic (exact) mass is 332 g/mol. The molecule has 0 saturated carbocycles. The predicted molar refractivity (Wildman–Crippen MR) is 88.7 cm³/mol. The summed E-state index contributed by atoms with van der Waals surface area (Å²) in [6.07, 6.45) is 3.59. The van der Waals surface area contributed by atoms with Crippen LogP contribution < -0.4 is 4.90 Å². The Hall–Kier alpha value is -1.76. The molecule has 7 heteroatoms. The van der Waals surface area contributed by atoms with Gasteiger partial charge in [0.2, 0.25) is 5.28 Å². The molecule has 0 bridgehead atoms. The van der Waals surface area contributed by atoms with Crippen LogP contribution in [0.4, 0.5) is 5.82 Å². The van der Waals surface area contributed by atoms with Crippen molar-refractivity contribution in [1.29, 1.82) is 0 Å². The van der Waals surface area contributed by atoms with Crippen LogP contribution in [0.25, 0.3) is 20.7 Å². The van der Waals surface area contributed by atoms with E-state index in [-0.39, 0.29) is 5.28 Å². The first kappa shape index (κ1) is 13.9. The first-order valence-electron chi connectivity index (χ1n) is 7.01. The summed E-state index contributed by atoms with van der Waals surface area (Å²) in [5, 5.41) is 1.33. The molecule has 0 aromatic carbocycles. The molecule has 112 valence electrons. The molecule has 4 heterocycles. The van der Waals surface area contributed by atoms with E-state index in [0.717, 1.165) is 39.6 Å². The molecule has 0 unspecified atom stereocenters. The summed E-state index contributed by atoms with van der Waals surface area (Å²) in [5.41, 5.74) is 1.13. The molecule has 3 aromatic heterocycles. The molecule has 0 N–H and O–H groups in total. The van der Waals surface area contributed by atoms with Crippen LogP contribution in [0.2, 0.25) is 5.28 Å². The van der Waals surface area contributed by atoms with E-state index in [9.17, 15) is 0 Å². The molecule has 0 amide bonds. The average Bonchev–Trinajstić information content (AvgIpc) is 2.99. The fraction of sp³-hybridized carbons (Fsp3) is 0.267. The molecule has 4 rings (SSSR count). The number of aromatic nitrogens is 3. The summed E-state index contributed by atoms with van der Waals surface area (Å²) in [6.45, 7) is 3.07. The summed E-state index contributed by atoms with van der Waals surface area (Å²) >= 11 is 7.74. The first-order chi connectivity index (χ1) is 10.8. The number of pyridine rings is 1. The second kappa shape index (κ2) is 5.79. The summed E-state index contributed by atoms with van der Waals surface area (Å²) in [5.74, 6) is 0.898. The molecular weight excluding hydrogens is 320 g/mol. The summed E-state index contributed by atoms with van der Waals surface area (Å²) in [7, 11) is 0. The lowest BCUT2D eigenvalue weighted by Crippen LogP contribution is -2.36. The van der Waals surface area contributed by atoms with E-state index in [1.807, 2.05) is 12.1 Å². The number of fused-ring (bicyclic) bond motifs is 1. The van der Waals surface area contributed by atoms with E-state index >= 15 is 0 Å². The number of hydrogen-bond acceptors (Lipinski definition) is 6. The summed E-state index contributed by atoms with van der Waals surface area (Å²) in [6, 6.07) is 6.12. The molecule has 5 nitrogen and oxygen atoms in total. The van der Waals surface area contributed by atoms with Gasteiger partial charge in [0, 0.05) is 30.4 Å². The zero-order valence-corrected chi connectivity index (χ0v) is 13.3. The van der Waals surface area contributed by atoms with Gasteiger partial charge in [0.05, 0.1) is 18.6 Å². The highest BCUT2D eigenvalue weighted by molar-refractivity contribution is 7.22. The van der Waals surface area contributed by atoms with Gasteiger partial charge in [-0.25, -0.2) is 4.98 Å². The Morgan fingerprint density at radius 2 is 1.91 bits per heavy atom. The largest absolute Gasteiger partial charge is 0.378 e. The van der Waals surface area contributed by atoms with E-state index < -0.39 is 0 Å². The lowest BCUT2D eigenvalue weighted by molar-refractivity contribution is 0.122. The smallest absolute Gasteiger partial charge is 0.225 e. The van der Waals surface area contributed by atoms with Gasteiger partial charge in [-0.15, -0.1) is 11.3 Å². The second-order valence-corrected chi connectivity index (χ2v) is 6.35. The van der Waals surface area contributed by atoms with Gasteiger partial charge in [0.25, 0.3) is 0 Å². The van der Waals surface area contributed by atoms with Crippen molar-refractivity contribution in [1.82, 2.24) is 15.0 Å². The number of rotatable bonds is 2. The predicted octanol–water partition coefficient (Wildman–Crippen LogP) is 3.24. The van der Waals surface area contributed by atoms with Crippen LogP contribution >= 0.6 is 22.9 Å². The molecule has 3 aromatic rings. The van der Waals surface area contributed by atoms with Crippen LogP contribution in [0, 0.1) is 0 Å². The third-order valence-electron chi connectivity index (χ3n) is 3.62. The van der Waals surface area contributed by atoms with Crippen LogP contribution in [0.3, 0.4) is 0 Å². The standard InChI is InChI=1S/C15H13ClN4OS/c16-15-18-13(20-5-7-21-8-6-20)11-9-12(22-14(11)19-15)10-1-3-17-4-2-10/h1-4,9H,5-8H2. The number of hydrogen-bond donors (Lipinski definition) is 0. The van der Waals surface area contributed by atoms with Crippen molar-refractivity contribution < 1.29 is 4.74 Å². The Bertz CT molecular complexity index is 802. The zero-order chi connectivity index (χ0) is 14.9. The Balaban J connectivity index is 1.84. The Morgan fingerprint density at radius 3 is 2.68 bits per heavy atom. The molecule has 0 atom stereocenters. The minimum atomic E-state index is 0.289. The van der Waals surface area contributed by atoms with Gasteiger partial charge in [-0.3, -0.25) is 4.98 Å². The third kappa shape index (κ3) is 2.54. The number of morpholine rings is 1. The van der Waals surface area contributed by atoms with Gasteiger partial charge in [0.15, 0.2) is 0 Å². The van der Waals surface area contributed by atoms with Crippen molar-refractivity contribution in [3.8, 4) is 10.4 Å². The second-order valence-electron chi connectivity index (χ2n) is 4.98. The molecule has 1 aliphatic rings. The number of anilines is 1. The normalized spacial score (nSPS) is 15.4. The van der Waals surface area contributed by atoms with Crippen LogP contribution in [0.1, 0.15) is 0 Å². The van der Waals surface area contributed by atoms with Crippen LogP contribution in [0.5, 0.6) is 0 Å². The Morgan fingerprint density at radius 1 is 1.14 bits per heavy atom. The quantitative estimate of drug-likeness (QED) is 0.674. The lowest BCUT2D eigenvalue weighted by Gasteiger charge is -2.28. The fourth-order valence-electron chi connectivity index (χ4n) is 2.56.